The average molecular weight is 454 g/mol. The van der Waals surface area contributed by atoms with Crippen LogP contribution in [0.3, 0.4) is 0 Å². The van der Waals surface area contributed by atoms with Crippen molar-refractivity contribution in [2.75, 3.05) is 19.7 Å². The van der Waals surface area contributed by atoms with Crippen molar-refractivity contribution in [1.29, 1.82) is 0 Å². The summed E-state index contributed by atoms with van der Waals surface area (Å²) in [7, 11) is 0. The number of halogens is 1. The van der Waals surface area contributed by atoms with Gasteiger partial charge in [-0.25, -0.2) is 9.37 Å². The number of benzene rings is 2. The maximum absolute atomic E-state index is 13.7. The van der Waals surface area contributed by atoms with Crippen molar-refractivity contribution in [3.05, 3.63) is 59.7 Å². The van der Waals surface area contributed by atoms with Crippen molar-refractivity contribution >= 4 is 11.0 Å². The van der Waals surface area contributed by atoms with Crippen LogP contribution in [0.2, 0.25) is 0 Å². The summed E-state index contributed by atoms with van der Waals surface area (Å²) in [5, 5.41) is 11.7. The molecule has 2 atom stereocenters. The minimum absolute atomic E-state index is 0.0913. The molecule has 2 aromatic carbocycles. The third-order valence-electron chi connectivity index (χ3n) is 6.89. The van der Waals surface area contributed by atoms with E-state index in [1.54, 1.807) is 6.07 Å². The third-order valence-corrected chi connectivity index (χ3v) is 6.89. The molecule has 5 nitrogen and oxygen atoms in total. The van der Waals surface area contributed by atoms with Crippen LogP contribution in [0.15, 0.2) is 42.5 Å². The SMILES string of the molecule is CC(C)[C@H]1c2ccc(F)cc2OC[C@]1(O)CCN(CCCc1nc2ccccc2[nH]1)C(C)C. The van der Waals surface area contributed by atoms with Gasteiger partial charge in [0.25, 0.3) is 0 Å². The Morgan fingerprint density at radius 3 is 2.70 bits per heavy atom. The summed E-state index contributed by atoms with van der Waals surface area (Å²) in [5.41, 5.74) is 2.01. The van der Waals surface area contributed by atoms with Gasteiger partial charge in [-0.15, -0.1) is 0 Å². The first kappa shape index (κ1) is 23.7. The largest absolute Gasteiger partial charge is 0.490 e. The Kier molecular flexibility index (Phi) is 7.05. The fourth-order valence-corrected chi connectivity index (χ4v) is 5.22. The number of nitrogens with one attached hydrogen (secondary N) is 1. The average Bonchev–Trinajstić information content (AvgIpc) is 3.18. The number of aliphatic hydroxyl groups is 1. The van der Waals surface area contributed by atoms with Gasteiger partial charge in [0.15, 0.2) is 0 Å². The van der Waals surface area contributed by atoms with E-state index in [2.05, 4.69) is 48.6 Å². The van der Waals surface area contributed by atoms with Crippen molar-refractivity contribution in [2.24, 2.45) is 5.92 Å². The number of fused-ring (bicyclic) bond motifs is 2. The fraction of sp³-hybridized carbons (Fsp3) is 0.519. The topological polar surface area (TPSA) is 61.4 Å². The summed E-state index contributed by atoms with van der Waals surface area (Å²) in [6.45, 7) is 10.5. The Balaban J connectivity index is 1.39. The minimum Gasteiger partial charge on any atom is -0.490 e. The van der Waals surface area contributed by atoms with Crippen molar-refractivity contribution in [2.45, 2.75) is 64.5 Å². The van der Waals surface area contributed by atoms with Crippen LogP contribution in [-0.2, 0) is 6.42 Å². The summed E-state index contributed by atoms with van der Waals surface area (Å²) in [6.07, 6.45) is 2.48. The Morgan fingerprint density at radius 1 is 1.18 bits per heavy atom. The first-order valence-electron chi connectivity index (χ1n) is 12.1. The molecule has 3 aromatic rings. The molecule has 6 heteroatoms. The Morgan fingerprint density at radius 2 is 1.97 bits per heavy atom. The van der Waals surface area contributed by atoms with Crippen LogP contribution in [0, 0.1) is 11.7 Å². The van der Waals surface area contributed by atoms with E-state index in [9.17, 15) is 9.50 Å². The molecule has 0 aliphatic carbocycles. The molecule has 33 heavy (non-hydrogen) atoms. The van der Waals surface area contributed by atoms with Crippen LogP contribution in [-0.4, -0.2) is 51.3 Å². The van der Waals surface area contributed by atoms with Crippen molar-refractivity contribution in [1.82, 2.24) is 14.9 Å². The fourth-order valence-electron chi connectivity index (χ4n) is 5.22. The lowest BCUT2D eigenvalue weighted by Gasteiger charge is -2.44. The Labute approximate surface area is 196 Å². The molecule has 0 spiro atoms. The number of rotatable bonds is 9. The van der Waals surface area contributed by atoms with E-state index in [1.807, 2.05) is 18.2 Å². The maximum Gasteiger partial charge on any atom is 0.126 e. The molecule has 0 fully saturated rings. The van der Waals surface area contributed by atoms with Crippen LogP contribution in [0.1, 0.15) is 57.8 Å². The van der Waals surface area contributed by atoms with Crippen LogP contribution in [0.4, 0.5) is 4.39 Å². The van der Waals surface area contributed by atoms with Gasteiger partial charge in [-0.3, -0.25) is 0 Å². The highest BCUT2D eigenvalue weighted by molar-refractivity contribution is 5.74. The zero-order chi connectivity index (χ0) is 23.6. The molecule has 178 valence electrons. The van der Waals surface area contributed by atoms with E-state index in [-0.39, 0.29) is 24.3 Å². The highest BCUT2D eigenvalue weighted by Gasteiger charge is 2.45. The predicted molar refractivity (Wildman–Crippen MR) is 130 cm³/mol. The van der Waals surface area contributed by atoms with Gasteiger partial charge in [0.2, 0.25) is 0 Å². The highest BCUT2D eigenvalue weighted by atomic mass is 19.1. The second-order valence-electron chi connectivity index (χ2n) is 9.98. The Bertz CT molecular complexity index is 1050. The quantitative estimate of drug-likeness (QED) is 0.462. The van der Waals surface area contributed by atoms with Crippen molar-refractivity contribution in [3.8, 4) is 5.75 Å². The standard InChI is InChI=1S/C27H36FN3O2/c1-18(2)26-21-12-11-20(28)16-24(21)33-17-27(26,32)13-15-31(19(3)4)14-7-10-25-29-22-8-5-6-9-23(22)30-25/h5-6,8-9,11-12,16,18-19,26,32H,7,10,13-15,17H2,1-4H3,(H,29,30)/t26-,27+/m0/s1. The number of aromatic nitrogens is 2. The van der Waals surface area contributed by atoms with Crippen LogP contribution < -0.4 is 4.74 Å². The molecule has 0 radical (unpaired) electrons. The van der Waals surface area contributed by atoms with E-state index < -0.39 is 5.60 Å². The number of ether oxygens (including phenoxy) is 1. The van der Waals surface area contributed by atoms with Gasteiger partial charge in [-0.2, -0.15) is 0 Å². The number of imidazole rings is 1. The highest BCUT2D eigenvalue weighted by Crippen LogP contribution is 2.45. The predicted octanol–water partition coefficient (Wildman–Crippen LogP) is 5.30. The normalized spacial score (nSPS) is 20.6. The van der Waals surface area contributed by atoms with Gasteiger partial charge in [0, 0.05) is 36.6 Å². The number of hydrogen-bond donors (Lipinski definition) is 2. The van der Waals surface area contributed by atoms with E-state index in [0.717, 1.165) is 48.4 Å². The summed E-state index contributed by atoms with van der Waals surface area (Å²) in [5.74, 6) is 1.39. The Hall–Kier alpha value is -2.44. The van der Waals surface area contributed by atoms with Crippen LogP contribution >= 0.6 is 0 Å². The molecular weight excluding hydrogens is 417 g/mol. The van der Waals surface area contributed by atoms with Gasteiger partial charge in [0.1, 0.15) is 29.6 Å². The van der Waals surface area contributed by atoms with Gasteiger partial charge >= 0.3 is 0 Å². The number of aromatic amines is 1. The molecule has 2 heterocycles. The van der Waals surface area contributed by atoms with Crippen LogP contribution in [0.25, 0.3) is 11.0 Å². The molecule has 0 amide bonds. The smallest absolute Gasteiger partial charge is 0.126 e. The van der Waals surface area contributed by atoms with E-state index in [4.69, 9.17) is 4.74 Å². The molecule has 1 aromatic heterocycles. The number of H-pyrrole nitrogens is 1. The molecule has 0 bridgehead atoms. The van der Waals surface area contributed by atoms with Crippen LogP contribution in [0.5, 0.6) is 5.75 Å². The molecule has 0 unspecified atom stereocenters. The van der Waals surface area contributed by atoms with E-state index in [1.165, 1.54) is 12.1 Å². The molecule has 1 aliphatic heterocycles. The third kappa shape index (κ3) is 5.22. The first-order valence-corrected chi connectivity index (χ1v) is 12.1. The summed E-state index contributed by atoms with van der Waals surface area (Å²) >= 11 is 0. The zero-order valence-electron chi connectivity index (χ0n) is 20.1. The number of para-hydroxylation sites is 2. The lowest BCUT2D eigenvalue weighted by Crippen LogP contribution is -2.50. The summed E-state index contributed by atoms with van der Waals surface area (Å²) in [6, 6.07) is 13.1. The monoisotopic (exact) mass is 453 g/mol. The number of aryl methyl sites for hydroxylation is 1. The van der Waals surface area contributed by atoms with Gasteiger partial charge < -0.3 is 19.7 Å². The van der Waals surface area contributed by atoms with Gasteiger partial charge in [-0.05, 0) is 57.4 Å². The lowest BCUT2D eigenvalue weighted by atomic mass is 9.72. The lowest BCUT2D eigenvalue weighted by molar-refractivity contribution is -0.0661. The zero-order valence-corrected chi connectivity index (χ0v) is 20.1. The molecule has 0 saturated carbocycles. The van der Waals surface area contributed by atoms with E-state index >= 15 is 0 Å². The van der Waals surface area contributed by atoms with E-state index in [0.29, 0.717) is 18.2 Å². The molecule has 0 saturated heterocycles. The first-order chi connectivity index (χ1) is 15.8. The molecular formula is C27H36FN3O2. The second kappa shape index (κ2) is 9.82. The molecule has 2 N–H and O–H groups in total. The van der Waals surface area contributed by atoms with Crippen molar-refractivity contribution < 1.29 is 14.2 Å². The summed E-state index contributed by atoms with van der Waals surface area (Å²) < 4.78 is 19.5. The molecule has 4 rings (SSSR count). The minimum atomic E-state index is -0.981. The summed E-state index contributed by atoms with van der Waals surface area (Å²) in [4.78, 5) is 10.5. The van der Waals surface area contributed by atoms with Crippen molar-refractivity contribution in [3.63, 3.8) is 0 Å². The number of nitrogens with zero attached hydrogens (tertiary/aromatic N) is 2. The van der Waals surface area contributed by atoms with Gasteiger partial charge in [0.05, 0.1) is 11.0 Å². The maximum atomic E-state index is 13.7. The number of hydrogen-bond acceptors (Lipinski definition) is 4. The van der Waals surface area contributed by atoms with Gasteiger partial charge in [-0.1, -0.05) is 32.0 Å². The second-order valence-corrected chi connectivity index (χ2v) is 9.98. The molecule has 1 aliphatic rings.